The number of phenolic OH excluding ortho intramolecular Hbond substituents is 1. The Morgan fingerprint density at radius 1 is 1.09 bits per heavy atom. The highest BCUT2D eigenvalue weighted by Crippen LogP contribution is 2.41. The lowest BCUT2D eigenvalue weighted by Gasteiger charge is -2.31. The summed E-state index contributed by atoms with van der Waals surface area (Å²) in [4.78, 5) is 29.9. The standard InChI is InChI=1S/C25H28N2O6/c1-16-3-5-17(6-4-16)23(29)21-22(18-7-8-19(28)20(15-18)32-2)27(25(31)24(21)30)10-9-26-11-13-33-14-12-26/h3-8,15,22,28-29H,9-14H2,1-2H3/t22-/m0/s1. The number of aromatic hydroxyl groups is 1. The molecule has 2 aromatic rings. The number of benzene rings is 2. The van der Waals surface area contributed by atoms with Gasteiger partial charge in [0.25, 0.3) is 11.7 Å². The van der Waals surface area contributed by atoms with Crippen molar-refractivity contribution in [2.24, 2.45) is 0 Å². The first kappa shape index (κ1) is 22.8. The zero-order valence-electron chi connectivity index (χ0n) is 18.8. The van der Waals surface area contributed by atoms with E-state index in [9.17, 15) is 19.8 Å². The van der Waals surface area contributed by atoms with Crippen molar-refractivity contribution in [3.05, 3.63) is 64.7 Å². The number of hydrogen-bond acceptors (Lipinski definition) is 7. The maximum absolute atomic E-state index is 13.1. The Hall–Kier alpha value is -3.36. The Bertz CT molecular complexity index is 1070. The van der Waals surface area contributed by atoms with E-state index in [1.54, 1.807) is 24.3 Å². The first-order valence-electron chi connectivity index (χ1n) is 10.9. The lowest BCUT2D eigenvalue weighted by molar-refractivity contribution is -0.140. The van der Waals surface area contributed by atoms with Crippen LogP contribution in [0.5, 0.6) is 11.5 Å². The van der Waals surface area contributed by atoms with Gasteiger partial charge in [-0.2, -0.15) is 0 Å². The number of ether oxygens (including phenoxy) is 2. The van der Waals surface area contributed by atoms with Crippen molar-refractivity contribution in [2.45, 2.75) is 13.0 Å². The summed E-state index contributed by atoms with van der Waals surface area (Å²) in [5.74, 6) is -1.44. The molecule has 0 unspecified atom stereocenters. The topological polar surface area (TPSA) is 99.5 Å². The van der Waals surface area contributed by atoms with Gasteiger partial charge in [0.2, 0.25) is 0 Å². The van der Waals surface area contributed by atoms with Gasteiger partial charge in [-0.25, -0.2) is 0 Å². The molecule has 174 valence electrons. The molecule has 4 rings (SSSR count). The Morgan fingerprint density at radius 2 is 1.79 bits per heavy atom. The summed E-state index contributed by atoms with van der Waals surface area (Å²) >= 11 is 0. The molecule has 2 saturated heterocycles. The molecule has 0 aromatic heterocycles. The highest BCUT2D eigenvalue weighted by molar-refractivity contribution is 6.46. The Labute approximate surface area is 192 Å². The summed E-state index contributed by atoms with van der Waals surface area (Å²) in [6.45, 7) is 5.58. The number of phenols is 1. The number of morpholine rings is 1. The highest BCUT2D eigenvalue weighted by atomic mass is 16.5. The molecule has 2 heterocycles. The summed E-state index contributed by atoms with van der Waals surface area (Å²) in [7, 11) is 1.43. The Kier molecular flexibility index (Phi) is 6.67. The summed E-state index contributed by atoms with van der Waals surface area (Å²) in [6, 6.07) is 11.0. The summed E-state index contributed by atoms with van der Waals surface area (Å²) in [5.41, 5.74) is 2.07. The second kappa shape index (κ2) is 9.64. The number of aryl methyl sites for hydroxylation is 1. The fraction of sp³-hybridized carbons (Fsp3) is 0.360. The molecule has 2 aromatic carbocycles. The van der Waals surface area contributed by atoms with Crippen molar-refractivity contribution in [1.29, 1.82) is 0 Å². The largest absolute Gasteiger partial charge is 0.507 e. The van der Waals surface area contributed by atoms with Crippen LogP contribution in [0.25, 0.3) is 5.76 Å². The van der Waals surface area contributed by atoms with E-state index in [2.05, 4.69) is 4.90 Å². The van der Waals surface area contributed by atoms with E-state index in [-0.39, 0.29) is 22.8 Å². The van der Waals surface area contributed by atoms with Crippen LogP contribution in [0.1, 0.15) is 22.7 Å². The fourth-order valence-corrected chi connectivity index (χ4v) is 4.26. The van der Waals surface area contributed by atoms with Gasteiger partial charge >= 0.3 is 0 Å². The zero-order chi connectivity index (χ0) is 23.5. The first-order chi connectivity index (χ1) is 15.9. The van der Waals surface area contributed by atoms with Gasteiger partial charge in [0.05, 0.1) is 31.9 Å². The molecule has 8 nitrogen and oxygen atoms in total. The molecule has 2 fully saturated rings. The molecule has 33 heavy (non-hydrogen) atoms. The minimum Gasteiger partial charge on any atom is -0.507 e. The molecule has 8 heteroatoms. The normalized spacial score (nSPS) is 20.9. The molecule has 1 amide bonds. The van der Waals surface area contributed by atoms with Crippen molar-refractivity contribution in [3.8, 4) is 11.5 Å². The molecule has 2 N–H and O–H groups in total. The minimum atomic E-state index is -0.804. The smallest absolute Gasteiger partial charge is 0.295 e. The Balaban J connectivity index is 1.76. The van der Waals surface area contributed by atoms with Gasteiger partial charge in [-0.05, 0) is 24.6 Å². The van der Waals surface area contributed by atoms with Gasteiger partial charge in [0.1, 0.15) is 5.76 Å². The van der Waals surface area contributed by atoms with Crippen LogP contribution in [0.15, 0.2) is 48.0 Å². The number of carbonyl (C=O) groups excluding carboxylic acids is 2. The number of Topliss-reactive ketones (excluding diaryl/α,β-unsaturated/α-hetero) is 1. The number of aliphatic hydroxyl groups is 1. The van der Waals surface area contributed by atoms with E-state index in [0.29, 0.717) is 37.4 Å². The number of carbonyl (C=O) groups is 2. The summed E-state index contributed by atoms with van der Waals surface area (Å²) in [6.07, 6.45) is 0. The fourth-order valence-electron chi connectivity index (χ4n) is 4.26. The van der Waals surface area contributed by atoms with Gasteiger partial charge in [0, 0.05) is 31.7 Å². The van der Waals surface area contributed by atoms with Crippen LogP contribution < -0.4 is 4.74 Å². The number of aliphatic hydroxyl groups excluding tert-OH is 1. The maximum Gasteiger partial charge on any atom is 0.295 e. The molecule has 0 spiro atoms. The molecule has 0 saturated carbocycles. The van der Waals surface area contributed by atoms with Crippen LogP contribution >= 0.6 is 0 Å². The van der Waals surface area contributed by atoms with Crippen LogP contribution in [0.2, 0.25) is 0 Å². The molecule has 1 atom stereocenters. The number of ketones is 1. The van der Waals surface area contributed by atoms with Crippen LogP contribution in [0.4, 0.5) is 0 Å². The minimum absolute atomic E-state index is 0.0265. The second-order valence-corrected chi connectivity index (χ2v) is 8.24. The van der Waals surface area contributed by atoms with E-state index in [1.165, 1.54) is 18.1 Å². The van der Waals surface area contributed by atoms with Gasteiger partial charge in [0.15, 0.2) is 11.5 Å². The SMILES string of the molecule is COc1cc([C@H]2C(=C(O)c3ccc(C)cc3)C(=O)C(=O)N2CCN2CCOCC2)ccc1O. The molecule has 0 aliphatic carbocycles. The van der Waals surface area contributed by atoms with Gasteiger partial charge in [-0.1, -0.05) is 35.9 Å². The lowest BCUT2D eigenvalue weighted by atomic mass is 9.94. The van der Waals surface area contributed by atoms with Crippen molar-refractivity contribution in [1.82, 2.24) is 9.80 Å². The first-order valence-corrected chi connectivity index (χ1v) is 10.9. The average Bonchev–Trinajstić information content (AvgIpc) is 3.08. The van der Waals surface area contributed by atoms with E-state index in [0.717, 1.165) is 18.7 Å². The monoisotopic (exact) mass is 452 g/mol. The predicted octanol–water partition coefficient (Wildman–Crippen LogP) is 2.46. The third-order valence-corrected chi connectivity index (χ3v) is 6.15. The molecule has 2 aliphatic rings. The van der Waals surface area contributed by atoms with Gasteiger partial charge < -0.3 is 24.6 Å². The van der Waals surface area contributed by atoms with Crippen LogP contribution in [-0.2, 0) is 14.3 Å². The van der Waals surface area contributed by atoms with Crippen molar-refractivity contribution >= 4 is 17.4 Å². The average molecular weight is 453 g/mol. The number of rotatable bonds is 6. The maximum atomic E-state index is 13.1. The van der Waals surface area contributed by atoms with Gasteiger partial charge in [-0.15, -0.1) is 0 Å². The number of hydrogen-bond donors (Lipinski definition) is 2. The van der Waals surface area contributed by atoms with Crippen molar-refractivity contribution < 1.29 is 29.3 Å². The second-order valence-electron chi connectivity index (χ2n) is 8.24. The molecule has 0 radical (unpaired) electrons. The number of amides is 1. The van der Waals surface area contributed by atoms with Crippen molar-refractivity contribution in [3.63, 3.8) is 0 Å². The quantitative estimate of drug-likeness (QED) is 0.395. The van der Waals surface area contributed by atoms with Crippen LogP contribution in [0, 0.1) is 6.92 Å². The van der Waals surface area contributed by atoms with Crippen molar-refractivity contribution in [2.75, 3.05) is 46.5 Å². The van der Waals surface area contributed by atoms with E-state index in [4.69, 9.17) is 9.47 Å². The zero-order valence-corrected chi connectivity index (χ0v) is 18.8. The third kappa shape index (κ3) is 4.58. The van der Waals surface area contributed by atoms with E-state index < -0.39 is 17.7 Å². The predicted molar refractivity (Wildman–Crippen MR) is 122 cm³/mol. The third-order valence-electron chi connectivity index (χ3n) is 6.15. The summed E-state index contributed by atoms with van der Waals surface area (Å²) in [5, 5.41) is 21.2. The highest BCUT2D eigenvalue weighted by Gasteiger charge is 2.46. The number of nitrogens with zero attached hydrogens (tertiary/aromatic N) is 2. The lowest BCUT2D eigenvalue weighted by Crippen LogP contribution is -2.42. The molecule has 0 bridgehead atoms. The van der Waals surface area contributed by atoms with Crippen LogP contribution in [0.3, 0.4) is 0 Å². The molecular formula is C25H28N2O6. The molecular weight excluding hydrogens is 424 g/mol. The summed E-state index contributed by atoms with van der Waals surface area (Å²) < 4.78 is 10.6. The van der Waals surface area contributed by atoms with E-state index >= 15 is 0 Å². The van der Waals surface area contributed by atoms with Gasteiger partial charge in [-0.3, -0.25) is 14.5 Å². The Morgan fingerprint density at radius 3 is 2.45 bits per heavy atom. The van der Waals surface area contributed by atoms with Crippen LogP contribution in [-0.4, -0.2) is 78.2 Å². The number of methoxy groups -OCH3 is 1. The van der Waals surface area contributed by atoms with E-state index in [1.807, 2.05) is 19.1 Å². The number of likely N-dealkylation sites (tertiary alicyclic amines) is 1. The molecule has 2 aliphatic heterocycles.